The van der Waals surface area contributed by atoms with Crippen LogP contribution in [0.2, 0.25) is 5.02 Å². The lowest BCUT2D eigenvalue weighted by atomic mass is 9.98. The zero-order valence-electron chi connectivity index (χ0n) is 14.2. The van der Waals surface area contributed by atoms with Gasteiger partial charge in [-0.2, -0.15) is 5.10 Å². The van der Waals surface area contributed by atoms with Crippen molar-refractivity contribution in [1.29, 1.82) is 0 Å². The minimum Gasteiger partial charge on any atom is -0.384 e. The van der Waals surface area contributed by atoms with E-state index in [4.69, 9.17) is 16.3 Å². The number of hydrogen-bond donors (Lipinski definition) is 2. The van der Waals surface area contributed by atoms with Gasteiger partial charge in [-0.05, 0) is 12.1 Å². The van der Waals surface area contributed by atoms with Crippen molar-refractivity contribution in [2.24, 2.45) is 5.29 Å². The van der Waals surface area contributed by atoms with Crippen molar-refractivity contribution in [3.63, 3.8) is 0 Å². The molecule has 1 aromatic carbocycles. The zero-order chi connectivity index (χ0) is 19.0. The number of benzene rings is 1. The number of pyridine rings is 1. The lowest BCUT2D eigenvalue weighted by molar-refractivity contribution is 0.201. The first kappa shape index (κ1) is 17.4. The molecule has 0 atom stereocenters. The van der Waals surface area contributed by atoms with E-state index in [-0.39, 0.29) is 5.02 Å². The van der Waals surface area contributed by atoms with Gasteiger partial charge in [0.2, 0.25) is 0 Å². The second-order valence-electron chi connectivity index (χ2n) is 5.90. The molecule has 0 aliphatic heterocycles. The van der Waals surface area contributed by atoms with Crippen LogP contribution in [0.4, 0.5) is 10.2 Å². The van der Waals surface area contributed by atoms with Gasteiger partial charge in [0.15, 0.2) is 5.82 Å². The van der Waals surface area contributed by atoms with Gasteiger partial charge in [0.1, 0.15) is 11.5 Å². The topological polar surface area (TPSA) is 96.7 Å². The Balaban J connectivity index is 1.91. The number of methoxy groups -OCH3 is 1. The summed E-state index contributed by atoms with van der Waals surface area (Å²) >= 11 is 6.40. The highest BCUT2D eigenvalue weighted by Gasteiger charge is 2.21. The van der Waals surface area contributed by atoms with Gasteiger partial charge in [-0.1, -0.05) is 11.6 Å². The van der Waals surface area contributed by atoms with Gasteiger partial charge >= 0.3 is 0 Å². The third-order valence-corrected chi connectivity index (χ3v) is 4.70. The third-order valence-electron chi connectivity index (χ3n) is 4.34. The summed E-state index contributed by atoms with van der Waals surface area (Å²) in [6.45, 7) is 0.363. The van der Waals surface area contributed by atoms with E-state index in [2.05, 4.69) is 25.9 Å². The Kier molecular flexibility index (Phi) is 4.46. The fraction of sp³-hybridized carbons (Fsp3) is 0.176. The molecule has 10 heteroatoms. The number of imidazole rings is 1. The highest BCUT2D eigenvalue weighted by Crippen LogP contribution is 2.39. The highest BCUT2D eigenvalue weighted by atomic mass is 35.5. The number of nitrogens with one attached hydrogen (secondary N) is 2. The molecule has 4 rings (SSSR count). The third kappa shape index (κ3) is 2.90. The molecule has 0 amide bonds. The van der Waals surface area contributed by atoms with Gasteiger partial charge in [-0.3, -0.25) is 5.10 Å². The molecule has 138 valence electrons. The van der Waals surface area contributed by atoms with E-state index < -0.39 is 5.82 Å². The number of anilines is 1. The van der Waals surface area contributed by atoms with Crippen LogP contribution in [-0.2, 0) is 11.2 Å². The number of nitroso groups, excluding NO2 is 1. The number of aromatic amines is 1. The maximum absolute atomic E-state index is 15.0. The number of rotatable bonds is 6. The number of fused-ring (bicyclic) bond motifs is 2. The number of halogens is 2. The fourth-order valence-electron chi connectivity index (χ4n) is 3.14. The van der Waals surface area contributed by atoms with Crippen LogP contribution in [0.25, 0.3) is 27.7 Å². The minimum atomic E-state index is -0.501. The number of H-pyrrole nitrogens is 1. The molecular formula is C17H14ClFN6O2. The van der Waals surface area contributed by atoms with Crippen LogP contribution in [0.15, 0.2) is 36.0 Å². The first-order valence-corrected chi connectivity index (χ1v) is 8.41. The molecule has 0 fully saturated rings. The van der Waals surface area contributed by atoms with E-state index in [0.29, 0.717) is 52.1 Å². The van der Waals surface area contributed by atoms with Crippen molar-refractivity contribution in [2.75, 3.05) is 19.1 Å². The standard InChI is InChI=1S/C17H14ClFN6O2/c1-27-5-4-10-16(19)15(18)14(11-6-20-23-17(10)11)9-2-3-13-21-12(22-24-26)8-25(13)7-9/h2-3,6-8H,4-5H2,1H3,(H,20,23)(H,22,26). The fourth-order valence-corrected chi connectivity index (χ4v) is 3.46. The van der Waals surface area contributed by atoms with Crippen LogP contribution < -0.4 is 5.43 Å². The Morgan fingerprint density at radius 1 is 1.41 bits per heavy atom. The van der Waals surface area contributed by atoms with Crippen molar-refractivity contribution in [2.45, 2.75) is 6.42 Å². The van der Waals surface area contributed by atoms with Crippen LogP contribution in [0.1, 0.15) is 5.56 Å². The van der Waals surface area contributed by atoms with Crippen molar-refractivity contribution in [1.82, 2.24) is 19.6 Å². The van der Waals surface area contributed by atoms with Crippen LogP contribution in [0.3, 0.4) is 0 Å². The van der Waals surface area contributed by atoms with Gasteiger partial charge in [0.25, 0.3) is 0 Å². The van der Waals surface area contributed by atoms with Crippen molar-refractivity contribution >= 4 is 34.0 Å². The lowest BCUT2D eigenvalue weighted by Gasteiger charge is -2.12. The average Bonchev–Trinajstić information content (AvgIpc) is 3.28. The molecule has 3 heterocycles. The predicted molar refractivity (Wildman–Crippen MR) is 100 cm³/mol. The molecule has 0 aliphatic carbocycles. The Labute approximate surface area is 157 Å². The maximum atomic E-state index is 15.0. The van der Waals surface area contributed by atoms with E-state index in [9.17, 15) is 9.30 Å². The summed E-state index contributed by atoms with van der Waals surface area (Å²) in [6, 6.07) is 3.52. The van der Waals surface area contributed by atoms with Gasteiger partial charge in [-0.25, -0.2) is 14.8 Å². The van der Waals surface area contributed by atoms with Crippen LogP contribution in [-0.4, -0.2) is 33.3 Å². The molecule has 0 saturated carbocycles. The average molecular weight is 389 g/mol. The Hall–Kier alpha value is -3.04. The summed E-state index contributed by atoms with van der Waals surface area (Å²) in [5, 5.41) is 10.2. The van der Waals surface area contributed by atoms with Crippen molar-refractivity contribution < 1.29 is 9.13 Å². The molecule has 0 bridgehead atoms. The van der Waals surface area contributed by atoms with Crippen LogP contribution in [0.5, 0.6) is 0 Å². The molecular weight excluding hydrogens is 375 g/mol. The summed E-state index contributed by atoms with van der Waals surface area (Å²) in [5.41, 5.74) is 5.08. The summed E-state index contributed by atoms with van der Waals surface area (Å²) in [7, 11) is 1.56. The first-order chi connectivity index (χ1) is 13.1. The Morgan fingerprint density at radius 2 is 2.26 bits per heavy atom. The van der Waals surface area contributed by atoms with E-state index in [0.717, 1.165) is 0 Å². The summed E-state index contributed by atoms with van der Waals surface area (Å²) < 4.78 is 21.7. The molecule has 4 aromatic rings. The van der Waals surface area contributed by atoms with Crippen LogP contribution in [0, 0.1) is 10.7 Å². The Bertz CT molecular complexity index is 1160. The SMILES string of the molecule is COCCc1c(F)c(Cl)c(-c2ccc3nc(NN=O)cn3c2)c2cn[nH]c12. The second kappa shape index (κ2) is 6.93. The Morgan fingerprint density at radius 3 is 3.04 bits per heavy atom. The summed E-state index contributed by atoms with van der Waals surface area (Å²) in [5.74, 6) is -0.193. The minimum absolute atomic E-state index is 0.0161. The van der Waals surface area contributed by atoms with Crippen LogP contribution >= 0.6 is 11.6 Å². The predicted octanol–water partition coefficient (Wildman–Crippen LogP) is 3.95. The van der Waals surface area contributed by atoms with Gasteiger partial charge in [-0.15, -0.1) is 4.91 Å². The molecule has 3 aromatic heterocycles. The number of nitrogens with zero attached hydrogens (tertiary/aromatic N) is 4. The van der Waals surface area contributed by atoms with E-state index in [1.54, 1.807) is 42.2 Å². The molecule has 8 nitrogen and oxygen atoms in total. The molecule has 0 saturated heterocycles. The molecule has 2 N–H and O–H groups in total. The smallest absolute Gasteiger partial charge is 0.168 e. The maximum Gasteiger partial charge on any atom is 0.168 e. The lowest BCUT2D eigenvalue weighted by Crippen LogP contribution is -2.01. The van der Waals surface area contributed by atoms with Crippen molar-refractivity contribution in [3.8, 4) is 11.1 Å². The quantitative estimate of drug-likeness (QED) is 0.385. The number of aromatic nitrogens is 4. The van der Waals surface area contributed by atoms with Gasteiger partial charge < -0.3 is 9.14 Å². The summed E-state index contributed by atoms with van der Waals surface area (Å²) in [4.78, 5) is 14.6. The van der Waals surface area contributed by atoms with Gasteiger partial charge in [0, 0.05) is 41.8 Å². The molecule has 0 aliphatic rings. The molecule has 0 spiro atoms. The normalized spacial score (nSPS) is 11.4. The van der Waals surface area contributed by atoms with E-state index in [1.165, 1.54) is 0 Å². The van der Waals surface area contributed by atoms with E-state index in [1.807, 2.05) is 0 Å². The number of hydrogen-bond acceptors (Lipinski definition) is 5. The second-order valence-corrected chi connectivity index (χ2v) is 6.27. The highest BCUT2D eigenvalue weighted by molar-refractivity contribution is 6.35. The zero-order valence-corrected chi connectivity index (χ0v) is 14.9. The molecule has 27 heavy (non-hydrogen) atoms. The van der Waals surface area contributed by atoms with E-state index >= 15 is 0 Å². The largest absolute Gasteiger partial charge is 0.384 e. The summed E-state index contributed by atoms with van der Waals surface area (Å²) in [6.07, 6.45) is 5.34. The van der Waals surface area contributed by atoms with Gasteiger partial charge in [0.05, 0.1) is 34.8 Å². The first-order valence-electron chi connectivity index (χ1n) is 8.03. The number of ether oxygens (including phenoxy) is 1. The van der Waals surface area contributed by atoms with Crippen molar-refractivity contribution in [3.05, 3.63) is 52.0 Å². The monoisotopic (exact) mass is 388 g/mol. The molecule has 0 radical (unpaired) electrons. The molecule has 0 unspecified atom stereocenters.